The highest BCUT2D eigenvalue weighted by atomic mass is 16.5. The van der Waals surface area contributed by atoms with Crippen LogP contribution in [-0.2, 0) is 14.2 Å². The molecule has 2 aromatic rings. The summed E-state index contributed by atoms with van der Waals surface area (Å²) in [7, 11) is 3.26. The van der Waals surface area contributed by atoms with Crippen LogP contribution >= 0.6 is 0 Å². The van der Waals surface area contributed by atoms with Crippen molar-refractivity contribution in [3.8, 4) is 0 Å². The Bertz CT molecular complexity index is 977. The van der Waals surface area contributed by atoms with E-state index in [-0.39, 0.29) is 18.1 Å². The van der Waals surface area contributed by atoms with Gasteiger partial charge in [0.2, 0.25) is 0 Å². The molecule has 36 heavy (non-hydrogen) atoms. The van der Waals surface area contributed by atoms with E-state index in [9.17, 15) is 9.59 Å². The van der Waals surface area contributed by atoms with Crippen LogP contribution in [0.4, 0.5) is 4.79 Å². The zero-order valence-electron chi connectivity index (χ0n) is 21.5. The fourth-order valence-corrected chi connectivity index (χ4v) is 4.48. The number of ether oxygens (including phenoxy) is 3. The molecule has 2 amide bonds. The van der Waals surface area contributed by atoms with Gasteiger partial charge in [-0.3, -0.25) is 4.79 Å². The minimum Gasteiger partial charge on any atom is -0.453 e. The van der Waals surface area contributed by atoms with Crippen LogP contribution in [-0.4, -0.2) is 65.1 Å². The average Bonchev–Trinajstić information content (AvgIpc) is 2.91. The molecular weight excluding hydrogens is 458 g/mol. The molecule has 3 rings (SSSR count). The second-order valence-corrected chi connectivity index (χ2v) is 9.22. The van der Waals surface area contributed by atoms with E-state index in [0.29, 0.717) is 31.2 Å². The highest BCUT2D eigenvalue weighted by molar-refractivity contribution is 5.94. The number of methoxy groups -OCH3 is 1. The van der Waals surface area contributed by atoms with E-state index in [1.54, 1.807) is 0 Å². The summed E-state index contributed by atoms with van der Waals surface area (Å²) in [5.74, 6) is 0.407. The minimum absolute atomic E-state index is 0.118. The first-order valence-electron chi connectivity index (χ1n) is 12.6. The van der Waals surface area contributed by atoms with Crippen molar-refractivity contribution in [2.45, 2.75) is 38.3 Å². The Morgan fingerprint density at radius 1 is 1.11 bits per heavy atom. The van der Waals surface area contributed by atoms with Gasteiger partial charge in [-0.25, -0.2) is 4.79 Å². The van der Waals surface area contributed by atoms with Crippen LogP contribution in [0.15, 0.2) is 48.5 Å². The van der Waals surface area contributed by atoms with E-state index in [1.807, 2.05) is 56.4 Å². The van der Waals surface area contributed by atoms with E-state index in [1.165, 1.54) is 13.5 Å². The number of benzene rings is 2. The number of carbonyl (C=O) groups is 2. The first-order chi connectivity index (χ1) is 17.5. The summed E-state index contributed by atoms with van der Waals surface area (Å²) in [6.07, 6.45) is 2.36. The van der Waals surface area contributed by atoms with Crippen molar-refractivity contribution >= 4 is 12.0 Å². The molecule has 1 fully saturated rings. The summed E-state index contributed by atoms with van der Waals surface area (Å²) in [6.45, 7) is 4.83. The lowest BCUT2D eigenvalue weighted by Gasteiger charge is -2.26. The van der Waals surface area contributed by atoms with Crippen LogP contribution in [0.1, 0.15) is 52.4 Å². The fraction of sp³-hybridized carbons (Fsp3) is 0.500. The summed E-state index contributed by atoms with van der Waals surface area (Å²) in [6, 6.07) is 15.8. The molecule has 0 aromatic heterocycles. The Morgan fingerprint density at radius 3 is 2.58 bits per heavy atom. The number of aryl methyl sites for hydroxylation is 1. The topological polar surface area (TPSA) is 97.9 Å². The number of likely N-dealkylation sites (N-methyl/N-ethyl adjacent to an activating group) is 1. The second-order valence-electron chi connectivity index (χ2n) is 9.22. The molecule has 2 aromatic carbocycles. The SMILES string of the molecule is CN[C@H](CNC(=O)c1cccc([C@H](OCCNC(=O)OC)c2cccc(C)c2)c1)C[C@H]1CCCOC1. The summed E-state index contributed by atoms with van der Waals surface area (Å²) < 4.78 is 16.4. The van der Waals surface area contributed by atoms with Crippen molar-refractivity contribution in [3.05, 3.63) is 70.8 Å². The molecular formula is C28H39N3O5. The van der Waals surface area contributed by atoms with Crippen LogP contribution in [0.3, 0.4) is 0 Å². The maximum atomic E-state index is 13.0. The lowest BCUT2D eigenvalue weighted by molar-refractivity contribution is 0.0478. The molecule has 1 aliphatic rings. The fourth-order valence-electron chi connectivity index (χ4n) is 4.48. The van der Waals surface area contributed by atoms with Gasteiger partial charge in [-0.2, -0.15) is 0 Å². The third-order valence-corrected chi connectivity index (χ3v) is 6.43. The van der Waals surface area contributed by atoms with Gasteiger partial charge < -0.3 is 30.2 Å². The molecule has 1 saturated heterocycles. The number of hydrogen-bond acceptors (Lipinski definition) is 6. The largest absolute Gasteiger partial charge is 0.453 e. The number of hydrogen-bond donors (Lipinski definition) is 3. The van der Waals surface area contributed by atoms with Crippen LogP contribution < -0.4 is 16.0 Å². The number of alkyl carbamates (subject to hydrolysis) is 1. The van der Waals surface area contributed by atoms with Crippen LogP contribution in [0, 0.1) is 12.8 Å². The number of amides is 2. The van der Waals surface area contributed by atoms with E-state index in [2.05, 4.69) is 26.8 Å². The van der Waals surface area contributed by atoms with Crippen LogP contribution in [0.25, 0.3) is 0 Å². The monoisotopic (exact) mass is 497 g/mol. The lowest BCUT2D eigenvalue weighted by atomic mass is 9.94. The molecule has 8 nitrogen and oxygen atoms in total. The standard InChI is InChI=1S/C28H39N3O5/c1-20-7-4-9-22(15-20)26(36-14-12-30-28(33)34-3)23-10-5-11-24(17-23)27(32)31-18-25(29-2)16-21-8-6-13-35-19-21/h4-5,7,9-11,15,17,21,25-26,29H,6,8,12-14,16,18-19H2,1-3H3,(H,30,33)(H,31,32)/t21-,25+,26-/m1/s1. The summed E-state index contributed by atoms with van der Waals surface area (Å²) in [5, 5.41) is 9.04. The maximum absolute atomic E-state index is 13.0. The Kier molecular flexibility index (Phi) is 11.2. The van der Waals surface area contributed by atoms with Gasteiger partial charge in [0, 0.05) is 37.9 Å². The molecule has 196 valence electrons. The van der Waals surface area contributed by atoms with Crippen molar-refractivity contribution < 1.29 is 23.8 Å². The van der Waals surface area contributed by atoms with E-state index in [4.69, 9.17) is 9.47 Å². The maximum Gasteiger partial charge on any atom is 0.406 e. The number of rotatable bonds is 12. The second kappa shape index (κ2) is 14.6. The molecule has 0 unspecified atom stereocenters. The van der Waals surface area contributed by atoms with Gasteiger partial charge in [-0.1, -0.05) is 42.0 Å². The summed E-state index contributed by atoms with van der Waals surface area (Å²) >= 11 is 0. The Labute approximate surface area is 214 Å². The number of nitrogens with one attached hydrogen (secondary N) is 3. The predicted octanol–water partition coefficient (Wildman–Crippen LogP) is 3.59. The van der Waals surface area contributed by atoms with Crippen LogP contribution in [0.5, 0.6) is 0 Å². The minimum atomic E-state index is -0.500. The molecule has 0 spiro atoms. The van der Waals surface area contributed by atoms with Gasteiger partial charge in [0.15, 0.2) is 0 Å². The highest BCUT2D eigenvalue weighted by Crippen LogP contribution is 2.27. The molecule has 1 heterocycles. The molecule has 0 radical (unpaired) electrons. The van der Waals surface area contributed by atoms with Gasteiger partial charge in [0.1, 0.15) is 6.10 Å². The molecule has 3 atom stereocenters. The lowest BCUT2D eigenvalue weighted by Crippen LogP contribution is -2.41. The van der Waals surface area contributed by atoms with E-state index in [0.717, 1.165) is 42.7 Å². The quantitative estimate of drug-likeness (QED) is 0.388. The van der Waals surface area contributed by atoms with E-state index < -0.39 is 6.09 Å². The van der Waals surface area contributed by atoms with Gasteiger partial charge in [0.05, 0.1) is 13.7 Å². The van der Waals surface area contributed by atoms with Crippen molar-refractivity contribution in [1.29, 1.82) is 0 Å². The van der Waals surface area contributed by atoms with Crippen molar-refractivity contribution in [3.63, 3.8) is 0 Å². The first-order valence-corrected chi connectivity index (χ1v) is 12.6. The van der Waals surface area contributed by atoms with Gasteiger partial charge in [-0.15, -0.1) is 0 Å². The summed E-state index contributed by atoms with van der Waals surface area (Å²) in [4.78, 5) is 24.4. The normalized spacial score (nSPS) is 17.1. The molecule has 8 heteroatoms. The van der Waals surface area contributed by atoms with E-state index >= 15 is 0 Å². The summed E-state index contributed by atoms with van der Waals surface area (Å²) in [5.41, 5.74) is 3.55. The zero-order valence-corrected chi connectivity index (χ0v) is 21.5. The molecule has 0 aliphatic carbocycles. The number of carbonyl (C=O) groups excluding carboxylic acids is 2. The van der Waals surface area contributed by atoms with Crippen molar-refractivity contribution in [2.75, 3.05) is 47.1 Å². The molecule has 0 bridgehead atoms. The Hall–Kier alpha value is -2.94. The predicted molar refractivity (Wildman–Crippen MR) is 139 cm³/mol. The molecule has 1 aliphatic heterocycles. The first kappa shape index (κ1) is 27.6. The van der Waals surface area contributed by atoms with Crippen LogP contribution in [0.2, 0.25) is 0 Å². The Morgan fingerprint density at radius 2 is 1.89 bits per heavy atom. The van der Waals surface area contributed by atoms with Crippen molar-refractivity contribution in [2.24, 2.45) is 5.92 Å². The third-order valence-electron chi connectivity index (χ3n) is 6.43. The van der Waals surface area contributed by atoms with Gasteiger partial charge in [-0.05, 0) is 62.4 Å². The van der Waals surface area contributed by atoms with Crippen molar-refractivity contribution in [1.82, 2.24) is 16.0 Å². The molecule has 3 N–H and O–H groups in total. The van der Waals surface area contributed by atoms with Gasteiger partial charge in [0.25, 0.3) is 5.91 Å². The highest BCUT2D eigenvalue weighted by Gasteiger charge is 2.20. The zero-order chi connectivity index (χ0) is 25.8. The average molecular weight is 498 g/mol. The van der Waals surface area contributed by atoms with Gasteiger partial charge >= 0.3 is 6.09 Å². The molecule has 0 saturated carbocycles. The Balaban J connectivity index is 1.66. The smallest absolute Gasteiger partial charge is 0.406 e. The third kappa shape index (κ3) is 8.62.